The molecular formula is C23H19N5OS. The van der Waals surface area contributed by atoms with E-state index < -0.39 is 0 Å². The summed E-state index contributed by atoms with van der Waals surface area (Å²) in [4.78, 5) is 9.49. The molecule has 0 aliphatic heterocycles. The van der Waals surface area contributed by atoms with Gasteiger partial charge >= 0.3 is 0 Å². The topological polar surface area (TPSA) is 69.6 Å². The van der Waals surface area contributed by atoms with Crippen LogP contribution in [0.25, 0.3) is 22.6 Å². The predicted octanol–water partition coefficient (Wildman–Crippen LogP) is 5.13. The van der Waals surface area contributed by atoms with Crippen molar-refractivity contribution >= 4 is 22.8 Å². The molecule has 0 atom stereocenters. The minimum absolute atomic E-state index is 0.661. The van der Waals surface area contributed by atoms with Crippen LogP contribution < -0.4 is 0 Å². The Balaban J connectivity index is 1.46. The largest absolute Gasteiger partial charge is 0.461 e. The summed E-state index contributed by atoms with van der Waals surface area (Å²) < 4.78 is 7.67. The first-order valence-corrected chi connectivity index (χ1v) is 10.6. The van der Waals surface area contributed by atoms with Crippen molar-refractivity contribution in [3.63, 3.8) is 0 Å². The Bertz CT molecular complexity index is 1280. The molecule has 3 heterocycles. The number of aromatic nitrogens is 5. The highest BCUT2D eigenvalue weighted by atomic mass is 32.2. The van der Waals surface area contributed by atoms with Crippen molar-refractivity contribution < 1.29 is 4.42 Å². The van der Waals surface area contributed by atoms with Crippen molar-refractivity contribution in [2.24, 2.45) is 0 Å². The minimum atomic E-state index is 0.661. The molecule has 148 valence electrons. The molecule has 0 amide bonds. The van der Waals surface area contributed by atoms with Gasteiger partial charge in [0.05, 0.1) is 35.2 Å². The summed E-state index contributed by atoms with van der Waals surface area (Å²) >= 11 is 1.61. The summed E-state index contributed by atoms with van der Waals surface area (Å²) in [5, 5.41) is 9.66. The Labute approximate surface area is 178 Å². The lowest BCUT2D eigenvalue weighted by molar-refractivity contribution is 0.569. The lowest BCUT2D eigenvalue weighted by Gasteiger charge is -2.10. The average molecular weight is 414 g/mol. The number of furan rings is 1. The Hall–Kier alpha value is -3.45. The van der Waals surface area contributed by atoms with E-state index in [2.05, 4.69) is 26.9 Å². The first kappa shape index (κ1) is 18.6. The molecule has 0 fully saturated rings. The van der Waals surface area contributed by atoms with Gasteiger partial charge in [-0.1, -0.05) is 54.2 Å². The lowest BCUT2D eigenvalue weighted by Crippen LogP contribution is -2.04. The van der Waals surface area contributed by atoms with Crippen molar-refractivity contribution in [1.82, 2.24) is 24.7 Å². The molecule has 0 aliphatic rings. The molecule has 30 heavy (non-hydrogen) atoms. The third-order valence-electron chi connectivity index (χ3n) is 4.82. The molecule has 5 rings (SSSR count). The predicted molar refractivity (Wildman–Crippen MR) is 117 cm³/mol. The second kappa shape index (κ2) is 8.12. The van der Waals surface area contributed by atoms with Gasteiger partial charge in [0.2, 0.25) is 5.82 Å². The Kier molecular flexibility index (Phi) is 5.03. The highest BCUT2D eigenvalue weighted by Gasteiger charge is 2.17. The summed E-state index contributed by atoms with van der Waals surface area (Å²) in [6.45, 7) is 2.66. The van der Waals surface area contributed by atoms with Crippen LogP contribution in [0.3, 0.4) is 0 Å². The van der Waals surface area contributed by atoms with E-state index in [0.717, 1.165) is 27.6 Å². The van der Waals surface area contributed by atoms with Crippen LogP contribution in [0.4, 0.5) is 0 Å². The molecule has 0 saturated carbocycles. The summed E-state index contributed by atoms with van der Waals surface area (Å²) in [5.74, 6) is 2.08. The van der Waals surface area contributed by atoms with Crippen molar-refractivity contribution in [3.8, 4) is 11.6 Å². The van der Waals surface area contributed by atoms with Gasteiger partial charge in [-0.25, -0.2) is 9.97 Å². The zero-order valence-corrected chi connectivity index (χ0v) is 17.2. The summed E-state index contributed by atoms with van der Waals surface area (Å²) in [5.41, 5.74) is 4.87. The van der Waals surface area contributed by atoms with Gasteiger partial charge in [-0.3, -0.25) is 4.57 Å². The number of hydrogen-bond donors (Lipinski definition) is 0. The maximum Gasteiger partial charge on any atom is 0.200 e. The Morgan fingerprint density at radius 3 is 2.40 bits per heavy atom. The van der Waals surface area contributed by atoms with Crippen LogP contribution in [0.1, 0.15) is 17.0 Å². The van der Waals surface area contributed by atoms with Crippen LogP contribution in [-0.4, -0.2) is 24.7 Å². The number of rotatable bonds is 6. The van der Waals surface area contributed by atoms with E-state index in [4.69, 9.17) is 14.4 Å². The van der Waals surface area contributed by atoms with Crippen LogP contribution in [0.5, 0.6) is 0 Å². The molecule has 0 N–H and O–H groups in total. The molecule has 0 unspecified atom stereocenters. The van der Waals surface area contributed by atoms with Gasteiger partial charge in [0.25, 0.3) is 0 Å². The normalized spacial score (nSPS) is 11.2. The molecule has 2 aromatic carbocycles. The van der Waals surface area contributed by atoms with Crippen molar-refractivity contribution in [3.05, 3.63) is 89.9 Å². The Morgan fingerprint density at radius 1 is 0.867 bits per heavy atom. The third kappa shape index (κ3) is 3.71. The zero-order valence-electron chi connectivity index (χ0n) is 16.4. The summed E-state index contributed by atoms with van der Waals surface area (Å²) in [6, 6.07) is 22.0. The first-order chi connectivity index (χ1) is 14.8. The molecule has 7 heteroatoms. The summed E-state index contributed by atoms with van der Waals surface area (Å²) in [6.07, 6.45) is 1.65. The fourth-order valence-electron chi connectivity index (χ4n) is 3.29. The van der Waals surface area contributed by atoms with Crippen molar-refractivity contribution in [2.45, 2.75) is 24.4 Å². The van der Waals surface area contributed by atoms with Crippen molar-refractivity contribution in [1.29, 1.82) is 0 Å². The molecule has 0 spiro atoms. The highest BCUT2D eigenvalue weighted by molar-refractivity contribution is 7.98. The number of hydrogen-bond acceptors (Lipinski definition) is 6. The molecule has 0 saturated heterocycles. The van der Waals surface area contributed by atoms with Gasteiger partial charge < -0.3 is 4.42 Å². The molecule has 5 aromatic rings. The average Bonchev–Trinajstić information content (AvgIpc) is 3.43. The third-order valence-corrected chi connectivity index (χ3v) is 5.80. The van der Waals surface area contributed by atoms with E-state index in [1.54, 1.807) is 18.0 Å². The molecule has 0 aliphatic carbocycles. The maximum absolute atomic E-state index is 5.59. The zero-order chi connectivity index (χ0) is 20.3. The van der Waals surface area contributed by atoms with Gasteiger partial charge in [0.15, 0.2) is 10.9 Å². The number of thioether (sulfide) groups is 1. The van der Waals surface area contributed by atoms with E-state index in [0.29, 0.717) is 23.9 Å². The van der Waals surface area contributed by atoms with Crippen LogP contribution in [-0.2, 0) is 12.3 Å². The molecular weight excluding hydrogens is 394 g/mol. The number of nitrogens with zero attached hydrogens (tertiary/aromatic N) is 5. The fraction of sp³-hybridized carbons (Fsp3) is 0.130. The first-order valence-electron chi connectivity index (χ1n) is 9.64. The number of fused-ring (bicyclic) bond motifs is 1. The lowest BCUT2D eigenvalue weighted by atomic mass is 10.2. The van der Waals surface area contributed by atoms with Gasteiger partial charge in [-0.2, -0.15) is 0 Å². The van der Waals surface area contributed by atoms with E-state index in [9.17, 15) is 0 Å². The minimum Gasteiger partial charge on any atom is -0.461 e. The fourth-order valence-corrected chi connectivity index (χ4v) is 4.23. The monoisotopic (exact) mass is 413 g/mol. The number of aryl methyl sites for hydroxylation is 1. The maximum atomic E-state index is 5.59. The number of benzene rings is 2. The van der Waals surface area contributed by atoms with E-state index in [1.165, 1.54) is 5.56 Å². The van der Waals surface area contributed by atoms with Crippen LogP contribution in [0.15, 0.2) is 82.6 Å². The van der Waals surface area contributed by atoms with E-state index in [-0.39, 0.29) is 0 Å². The van der Waals surface area contributed by atoms with E-state index in [1.807, 2.05) is 61.5 Å². The van der Waals surface area contributed by atoms with Crippen LogP contribution in [0.2, 0.25) is 0 Å². The standard InChI is InChI=1S/C23H19N5OS/c1-16-20(25-19-11-6-5-10-18(19)24-16)15-30-23-27-26-22(21-12-7-13-29-21)28(23)14-17-8-3-2-4-9-17/h2-13H,14-15H2,1H3. The SMILES string of the molecule is Cc1nc2ccccc2nc1CSc1nnc(-c2ccco2)n1Cc1ccccc1. The Morgan fingerprint density at radius 2 is 1.63 bits per heavy atom. The second-order valence-electron chi connectivity index (χ2n) is 6.89. The van der Waals surface area contributed by atoms with Gasteiger partial charge in [-0.05, 0) is 36.8 Å². The number of para-hydroxylation sites is 2. The molecule has 0 bridgehead atoms. The quantitative estimate of drug-likeness (QED) is 0.360. The van der Waals surface area contributed by atoms with Gasteiger partial charge in [0.1, 0.15) is 0 Å². The van der Waals surface area contributed by atoms with Crippen LogP contribution >= 0.6 is 11.8 Å². The highest BCUT2D eigenvalue weighted by Crippen LogP contribution is 2.28. The molecule has 6 nitrogen and oxygen atoms in total. The van der Waals surface area contributed by atoms with Crippen LogP contribution in [0, 0.1) is 6.92 Å². The second-order valence-corrected chi connectivity index (χ2v) is 7.83. The van der Waals surface area contributed by atoms with Gasteiger partial charge in [-0.15, -0.1) is 10.2 Å². The van der Waals surface area contributed by atoms with Gasteiger partial charge in [0, 0.05) is 5.75 Å². The van der Waals surface area contributed by atoms with Crippen molar-refractivity contribution in [2.75, 3.05) is 0 Å². The van der Waals surface area contributed by atoms with E-state index >= 15 is 0 Å². The molecule has 0 radical (unpaired) electrons. The summed E-state index contributed by atoms with van der Waals surface area (Å²) in [7, 11) is 0. The smallest absolute Gasteiger partial charge is 0.200 e. The molecule has 3 aromatic heterocycles.